The Kier molecular flexibility index (Phi) is 10.2. The summed E-state index contributed by atoms with van der Waals surface area (Å²) in [5, 5.41) is 17.2. The van der Waals surface area contributed by atoms with E-state index < -0.39 is 64.3 Å². The van der Waals surface area contributed by atoms with Crippen LogP contribution in [0.5, 0.6) is 5.75 Å². The van der Waals surface area contributed by atoms with Gasteiger partial charge in [-0.1, -0.05) is 19.4 Å². The fourth-order valence-corrected chi connectivity index (χ4v) is 4.59. The van der Waals surface area contributed by atoms with E-state index in [0.717, 1.165) is 4.90 Å². The smallest absolute Gasteiger partial charge is 0.345 e. The van der Waals surface area contributed by atoms with Crippen LogP contribution < -0.4 is 15.4 Å². The van der Waals surface area contributed by atoms with Gasteiger partial charge in [-0.2, -0.15) is 0 Å². The van der Waals surface area contributed by atoms with Crippen LogP contribution in [0.4, 0.5) is 14.9 Å². The van der Waals surface area contributed by atoms with E-state index in [1.54, 1.807) is 20.8 Å². The highest BCUT2D eigenvalue weighted by Crippen LogP contribution is 2.29. The van der Waals surface area contributed by atoms with Gasteiger partial charge in [0.1, 0.15) is 29.3 Å². The fourth-order valence-electron chi connectivity index (χ4n) is 4.59. The first-order chi connectivity index (χ1) is 19.7. The van der Waals surface area contributed by atoms with Crippen molar-refractivity contribution in [2.24, 2.45) is 5.92 Å². The zero-order valence-corrected chi connectivity index (χ0v) is 24.2. The van der Waals surface area contributed by atoms with Gasteiger partial charge in [-0.05, 0) is 69.0 Å². The van der Waals surface area contributed by atoms with Gasteiger partial charge in [0.2, 0.25) is 11.8 Å². The van der Waals surface area contributed by atoms with Crippen molar-refractivity contribution in [3.8, 4) is 5.75 Å². The number of nitro benzene ring substituents is 1. The SMILES string of the molecule is CCC[C@@H](NC(=O)N1CC(=O)NC[C@@H](Cc2cc(F)ccc2OC)C1=O)c1ccc(C(=O)OC(C)(C)C)c([N+](=O)[O-])c1. The van der Waals surface area contributed by atoms with Crippen molar-refractivity contribution in [2.75, 3.05) is 20.2 Å². The molecule has 226 valence electrons. The first-order valence-corrected chi connectivity index (χ1v) is 13.5. The van der Waals surface area contributed by atoms with Gasteiger partial charge in [0.25, 0.3) is 5.69 Å². The molecule has 3 rings (SSSR count). The highest BCUT2D eigenvalue weighted by molar-refractivity contribution is 6.01. The lowest BCUT2D eigenvalue weighted by Crippen LogP contribution is -2.48. The van der Waals surface area contributed by atoms with Crippen LogP contribution in [0.3, 0.4) is 0 Å². The van der Waals surface area contributed by atoms with Crippen LogP contribution in [0.1, 0.15) is 68.1 Å². The number of carbonyl (C=O) groups excluding carboxylic acids is 4. The van der Waals surface area contributed by atoms with E-state index in [2.05, 4.69) is 10.6 Å². The van der Waals surface area contributed by atoms with E-state index >= 15 is 0 Å². The number of methoxy groups -OCH3 is 1. The molecule has 42 heavy (non-hydrogen) atoms. The lowest BCUT2D eigenvalue weighted by molar-refractivity contribution is -0.385. The van der Waals surface area contributed by atoms with Crippen LogP contribution in [-0.2, 0) is 20.7 Å². The van der Waals surface area contributed by atoms with Gasteiger partial charge in [0.05, 0.1) is 24.0 Å². The predicted molar refractivity (Wildman–Crippen MR) is 149 cm³/mol. The van der Waals surface area contributed by atoms with Crippen LogP contribution in [-0.4, -0.2) is 59.4 Å². The normalized spacial score (nSPS) is 16.2. The number of ether oxygens (including phenoxy) is 2. The van der Waals surface area contributed by atoms with Crippen molar-refractivity contribution in [3.05, 3.63) is 69.0 Å². The van der Waals surface area contributed by atoms with Gasteiger partial charge in [0, 0.05) is 12.6 Å². The number of nitrogens with zero attached hydrogens (tertiary/aromatic N) is 2. The number of esters is 1. The first-order valence-electron chi connectivity index (χ1n) is 13.5. The first kappa shape index (κ1) is 32.0. The second-order valence-electron chi connectivity index (χ2n) is 10.9. The molecule has 1 saturated heterocycles. The van der Waals surface area contributed by atoms with Gasteiger partial charge < -0.3 is 20.1 Å². The molecule has 2 aromatic carbocycles. The molecule has 2 aromatic rings. The van der Waals surface area contributed by atoms with E-state index in [9.17, 15) is 33.7 Å². The molecule has 4 amide bonds. The summed E-state index contributed by atoms with van der Waals surface area (Å²) in [7, 11) is 1.41. The van der Waals surface area contributed by atoms with Crippen LogP contribution in [0, 0.1) is 21.8 Å². The number of hydrogen-bond donors (Lipinski definition) is 2. The number of nitro groups is 1. The third kappa shape index (κ3) is 8.02. The van der Waals surface area contributed by atoms with Crippen molar-refractivity contribution in [3.63, 3.8) is 0 Å². The van der Waals surface area contributed by atoms with Crippen molar-refractivity contribution in [2.45, 2.75) is 58.6 Å². The van der Waals surface area contributed by atoms with Gasteiger partial charge in [0.15, 0.2) is 0 Å². The number of benzene rings is 2. The Morgan fingerprint density at radius 2 is 1.93 bits per heavy atom. The third-order valence-corrected chi connectivity index (χ3v) is 6.53. The molecular formula is C29H35FN4O8. The Balaban J connectivity index is 1.88. The van der Waals surface area contributed by atoms with Crippen molar-refractivity contribution in [1.82, 2.24) is 15.5 Å². The van der Waals surface area contributed by atoms with E-state index in [1.807, 2.05) is 6.92 Å². The molecule has 12 nitrogen and oxygen atoms in total. The summed E-state index contributed by atoms with van der Waals surface area (Å²) in [6.07, 6.45) is 0.899. The van der Waals surface area contributed by atoms with Gasteiger partial charge in [-0.15, -0.1) is 0 Å². The molecule has 0 unspecified atom stereocenters. The second-order valence-corrected chi connectivity index (χ2v) is 10.9. The maximum Gasteiger partial charge on any atom is 0.345 e. The Morgan fingerprint density at radius 1 is 1.21 bits per heavy atom. The molecule has 1 aliphatic rings. The summed E-state index contributed by atoms with van der Waals surface area (Å²) in [6, 6.07) is 6.16. The minimum absolute atomic E-state index is 0.000533. The number of amides is 4. The third-order valence-electron chi connectivity index (χ3n) is 6.53. The number of carbonyl (C=O) groups is 4. The largest absolute Gasteiger partial charge is 0.496 e. The fraction of sp³-hybridized carbons (Fsp3) is 0.448. The molecule has 0 bridgehead atoms. The maximum absolute atomic E-state index is 13.9. The molecule has 0 saturated carbocycles. The number of nitrogens with one attached hydrogen (secondary N) is 2. The van der Waals surface area contributed by atoms with E-state index in [0.29, 0.717) is 29.7 Å². The number of hydrogen-bond acceptors (Lipinski definition) is 8. The summed E-state index contributed by atoms with van der Waals surface area (Å²) in [5.41, 5.74) is -0.876. The van der Waals surface area contributed by atoms with Crippen molar-refractivity contribution < 1.29 is 38.0 Å². The molecule has 1 heterocycles. The molecule has 0 aliphatic carbocycles. The van der Waals surface area contributed by atoms with E-state index in [4.69, 9.17) is 9.47 Å². The van der Waals surface area contributed by atoms with Crippen molar-refractivity contribution in [1.29, 1.82) is 0 Å². The monoisotopic (exact) mass is 586 g/mol. The molecular weight excluding hydrogens is 551 g/mol. The topological polar surface area (TPSA) is 157 Å². The molecule has 2 N–H and O–H groups in total. The standard InChI is InChI=1S/C29H35FN4O8/c1-6-7-22(17-8-10-21(23(14-17)34(39)40)27(37)42-29(2,3)4)32-28(38)33-16-25(35)31-15-19(26(33)36)12-18-13-20(30)9-11-24(18)41-5/h8-11,13-14,19,22H,6-7,12,15-16H2,1-5H3,(H,31,35)(H,32,38)/t19-,22-/m1/s1. The van der Waals surface area contributed by atoms with Gasteiger partial charge in [-0.3, -0.25) is 24.6 Å². The summed E-state index contributed by atoms with van der Waals surface area (Å²) in [5.74, 6) is -3.14. The number of halogens is 1. The summed E-state index contributed by atoms with van der Waals surface area (Å²) in [6.45, 7) is 6.15. The molecule has 1 aliphatic heterocycles. The number of urea groups is 1. The molecule has 1 fully saturated rings. The Labute approximate surface area is 242 Å². The van der Waals surface area contributed by atoms with Crippen LogP contribution in [0.25, 0.3) is 0 Å². The maximum atomic E-state index is 13.9. The molecule has 0 aromatic heterocycles. The minimum Gasteiger partial charge on any atom is -0.496 e. The van der Waals surface area contributed by atoms with E-state index in [-0.39, 0.29) is 18.5 Å². The van der Waals surface area contributed by atoms with Crippen LogP contribution in [0.2, 0.25) is 0 Å². The zero-order valence-electron chi connectivity index (χ0n) is 24.2. The lowest BCUT2D eigenvalue weighted by Gasteiger charge is -2.26. The Bertz CT molecular complexity index is 1370. The zero-order chi connectivity index (χ0) is 31.2. The minimum atomic E-state index is -0.892. The van der Waals surface area contributed by atoms with Gasteiger partial charge in [-0.25, -0.2) is 14.0 Å². The number of imide groups is 1. The summed E-state index contributed by atoms with van der Waals surface area (Å²) < 4.78 is 24.5. The summed E-state index contributed by atoms with van der Waals surface area (Å²) in [4.78, 5) is 63.8. The van der Waals surface area contributed by atoms with Gasteiger partial charge >= 0.3 is 12.0 Å². The quantitative estimate of drug-likeness (QED) is 0.253. The Hall–Kier alpha value is -4.55. The highest BCUT2D eigenvalue weighted by atomic mass is 19.1. The highest BCUT2D eigenvalue weighted by Gasteiger charge is 2.36. The average molecular weight is 587 g/mol. The molecule has 13 heteroatoms. The van der Waals surface area contributed by atoms with Crippen LogP contribution >= 0.6 is 0 Å². The molecule has 0 spiro atoms. The molecule has 0 radical (unpaired) electrons. The van der Waals surface area contributed by atoms with Crippen LogP contribution in [0.15, 0.2) is 36.4 Å². The average Bonchev–Trinajstić information content (AvgIpc) is 3.05. The Morgan fingerprint density at radius 3 is 2.55 bits per heavy atom. The lowest BCUT2D eigenvalue weighted by atomic mass is 9.97. The second kappa shape index (κ2) is 13.4. The van der Waals surface area contributed by atoms with E-state index in [1.165, 1.54) is 43.5 Å². The van der Waals surface area contributed by atoms with Crippen molar-refractivity contribution >= 4 is 29.5 Å². The predicted octanol–water partition coefficient (Wildman–Crippen LogP) is 4.07. The molecule has 2 atom stereocenters. The number of rotatable bonds is 9. The summed E-state index contributed by atoms with van der Waals surface area (Å²) >= 11 is 0.